The Morgan fingerprint density at radius 1 is 1.65 bits per heavy atom. The number of hydrogen-bond donors (Lipinski definition) is 1. The van der Waals surface area contributed by atoms with Crippen LogP contribution in [0.1, 0.15) is 11.3 Å². The summed E-state index contributed by atoms with van der Waals surface area (Å²) in [6, 6.07) is 3.87. The molecule has 0 fully saturated rings. The van der Waals surface area contributed by atoms with Crippen molar-refractivity contribution < 1.29 is 4.92 Å². The molecule has 6 nitrogen and oxygen atoms in total. The van der Waals surface area contributed by atoms with Gasteiger partial charge in [-0.3, -0.25) is 15.1 Å². The van der Waals surface area contributed by atoms with Crippen LogP contribution in [-0.4, -0.2) is 28.9 Å². The van der Waals surface area contributed by atoms with Gasteiger partial charge in [-0.1, -0.05) is 6.07 Å². The summed E-state index contributed by atoms with van der Waals surface area (Å²) in [7, 11) is 3.44. The van der Waals surface area contributed by atoms with Gasteiger partial charge < -0.3 is 10.2 Å². The van der Waals surface area contributed by atoms with Crippen LogP contribution in [0.2, 0.25) is 0 Å². The summed E-state index contributed by atoms with van der Waals surface area (Å²) < 4.78 is 0. The smallest absolute Gasteiger partial charge is 0.274 e. The third-order valence-corrected chi connectivity index (χ3v) is 2.29. The Morgan fingerprint density at radius 3 is 2.82 bits per heavy atom. The average molecular weight is 236 g/mol. The molecular formula is C11H16N4O2. The molecule has 1 heterocycles. The largest absolute Gasteiger partial charge is 0.370 e. The molecule has 0 saturated carbocycles. The SMILES string of the molecule is CN/C(=C/[N+](=O)[O-])N(C)Cc1ccc(C)nc1. The predicted octanol–water partition coefficient (Wildman–Crippen LogP) is 1.12. The zero-order chi connectivity index (χ0) is 12.8. The Labute approximate surface area is 100 Å². The van der Waals surface area contributed by atoms with Crippen LogP contribution in [0.3, 0.4) is 0 Å². The summed E-state index contributed by atoms with van der Waals surface area (Å²) in [4.78, 5) is 15.9. The highest BCUT2D eigenvalue weighted by atomic mass is 16.6. The highest BCUT2D eigenvalue weighted by Gasteiger charge is 2.07. The van der Waals surface area contributed by atoms with Crippen molar-refractivity contribution in [3.63, 3.8) is 0 Å². The lowest BCUT2D eigenvalue weighted by molar-refractivity contribution is -0.404. The second-order valence-corrected chi connectivity index (χ2v) is 3.71. The second kappa shape index (κ2) is 5.83. The van der Waals surface area contributed by atoms with Crippen LogP contribution in [0, 0.1) is 17.0 Å². The summed E-state index contributed by atoms with van der Waals surface area (Å²) in [5, 5.41) is 13.2. The van der Waals surface area contributed by atoms with Gasteiger partial charge in [0, 0.05) is 32.5 Å². The van der Waals surface area contributed by atoms with Crippen molar-refractivity contribution in [2.24, 2.45) is 0 Å². The molecule has 6 heteroatoms. The number of nitrogens with zero attached hydrogens (tertiary/aromatic N) is 3. The Kier molecular flexibility index (Phi) is 4.45. The van der Waals surface area contributed by atoms with E-state index in [1.165, 1.54) is 0 Å². The molecule has 0 atom stereocenters. The Morgan fingerprint density at radius 2 is 2.35 bits per heavy atom. The topological polar surface area (TPSA) is 71.3 Å². The van der Waals surface area contributed by atoms with Gasteiger partial charge in [-0.25, -0.2) is 0 Å². The number of nitro groups is 1. The molecule has 1 rings (SSSR count). The lowest BCUT2D eigenvalue weighted by atomic mass is 10.2. The second-order valence-electron chi connectivity index (χ2n) is 3.71. The van der Waals surface area contributed by atoms with Gasteiger partial charge in [0.2, 0.25) is 0 Å². The van der Waals surface area contributed by atoms with Gasteiger partial charge in [-0.2, -0.15) is 0 Å². The highest BCUT2D eigenvalue weighted by molar-refractivity contribution is 5.13. The van der Waals surface area contributed by atoms with Crippen LogP contribution in [-0.2, 0) is 6.54 Å². The number of aromatic nitrogens is 1. The van der Waals surface area contributed by atoms with Crippen molar-refractivity contribution in [2.75, 3.05) is 14.1 Å². The molecule has 0 aliphatic heterocycles. The first-order chi connectivity index (χ1) is 8.02. The van der Waals surface area contributed by atoms with Gasteiger partial charge in [-0.05, 0) is 18.6 Å². The average Bonchev–Trinajstić information content (AvgIpc) is 2.28. The van der Waals surface area contributed by atoms with Crippen LogP contribution in [0.15, 0.2) is 30.4 Å². The Balaban J connectivity index is 2.73. The number of aryl methyl sites for hydroxylation is 1. The Bertz CT molecular complexity index is 414. The van der Waals surface area contributed by atoms with E-state index < -0.39 is 4.92 Å². The van der Waals surface area contributed by atoms with Crippen LogP contribution in [0.25, 0.3) is 0 Å². The Hall–Kier alpha value is -2.11. The number of rotatable bonds is 5. The molecule has 92 valence electrons. The number of pyridine rings is 1. The summed E-state index contributed by atoms with van der Waals surface area (Å²) in [6.07, 6.45) is 2.72. The summed E-state index contributed by atoms with van der Waals surface area (Å²) in [5.41, 5.74) is 1.95. The third-order valence-electron chi connectivity index (χ3n) is 2.29. The quantitative estimate of drug-likeness (QED) is 0.612. The molecule has 0 saturated heterocycles. The first-order valence-corrected chi connectivity index (χ1v) is 5.18. The summed E-state index contributed by atoms with van der Waals surface area (Å²) in [6.45, 7) is 2.48. The normalized spacial score (nSPS) is 11.1. The van der Waals surface area contributed by atoms with Crippen molar-refractivity contribution in [1.29, 1.82) is 0 Å². The first kappa shape index (κ1) is 13.0. The van der Waals surface area contributed by atoms with Crippen molar-refractivity contribution in [2.45, 2.75) is 13.5 Å². The fourth-order valence-corrected chi connectivity index (χ4v) is 1.40. The van der Waals surface area contributed by atoms with Crippen molar-refractivity contribution in [3.8, 4) is 0 Å². The third kappa shape index (κ3) is 4.10. The van der Waals surface area contributed by atoms with Crippen molar-refractivity contribution in [3.05, 3.63) is 51.7 Å². The number of nitrogens with one attached hydrogen (secondary N) is 1. The van der Waals surface area contributed by atoms with Crippen LogP contribution < -0.4 is 5.32 Å². The minimum absolute atomic E-state index is 0.454. The minimum Gasteiger partial charge on any atom is -0.370 e. The van der Waals surface area contributed by atoms with E-state index in [0.29, 0.717) is 12.4 Å². The maximum Gasteiger partial charge on any atom is 0.274 e. The fraction of sp³-hybridized carbons (Fsp3) is 0.364. The lowest BCUT2D eigenvalue weighted by Crippen LogP contribution is -2.26. The monoisotopic (exact) mass is 236 g/mol. The van der Waals surface area contributed by atoms with E-state index in [4.69, 9.17) is 0 Å². The molecule has 0 bridgehead atoms. The molecule has 1 N–H and O–H groups in total. The van der Waals surface area contributed by atoms with Gasteiger partial charge in [0.15, 0.2) is 5.82 Å². The zero-order valence-electron chi connectivity index (χ0n) is 10.2. The molecular weight excluding hydrogens is 220 g/mol. The molecule has 17 heavy (non-hydrogen) atoms. The van der Waals surface area contributed by atoms with Crippen LogP contribution >= 0.6 is 0 Å². The fourth-order valence-electron chi connectivity index (χ4n) is 1.40. The predicted molar refractivity (Wildman–Crippen MR) is 64.6 cm³/mol. The molecule has 0 amide bonds. The van der Waals surface area contributed by atoms with Crippen LogP contribution in [0.5, 0.6) is 0 Å². The van der Waals surface area contributed by atoms with E-state index in [2.05, 4.69) is 10.3 Å². The summed E-state index contributed by atoms with van der Waals surface area (Å²) in [5.74, 6) is 0.454. The van der Waals surface area contributed by atoms with E-state index in [1.807, 2.05) is 19.1 Å². The zero-order valence-corrected chi connectivity index (χ0v) is 10.2. The molecule has 0 unspecified atom stereocenters. The van der Waals surface area contributed by atoms with Gasteiger partial charge in [0.05, 0.1) is 4.92 Å². The van der Waals surface area contributed by atoms with Gasteiger partial charge in [-0.15, -0.1) is 0 Å². The highest BCUT2D eigenvalue weighted by Crippen LogP contribution is 2.06. The van der Waals surface area contributed by atoms with E-state index >= 15 is 0 Å². The van der Waals surface area contributed by atoms with Crippen molar-refractivity contribution in [1.82, 2.24) is 15.2 Å². The lowest BCUT2D eigenvalue weighted by Gasteiger charge is -2.20. The molecule has 0 spiro atoms. The van der Waals surface area contributed by atoms with Crippen molar-refractivity contribution >= 4 is 0 Å². The summed E-state index contributed by atoms with van der Waals surface area (Å²) >= 11 is 0. The maximum atomic E-state index is 10.4. The van der Waals surface area contributed by atoms with E-state index in [1.54, 1.807) is 25.2 Å². The van der Waals surface area contributed by atoms with E-state index in [-0.39, 0.29) is 0 Å². The van der Waals surface area contributed by atoms with Gasteiger partial charge in [0.25, 0.3) is 6.20 Å². The molecule has 0 aromatic carbocycles. The molecule has 0 aliphatic rings. The molecule has 0 radical (unpaired) electrons. The van der Waals surface area contributed by atoms with Gasteiger partial charge >= 0.3 is 0 Å². The van der Waals surface area contributed by atoms with E-state index in [0.717, 1.165) is 17.5 Å². The minimum atomic E-state index is -0.476. The van der Waals surface area contributed by atoms with Crippen LogP contribution in [0.4, 0.5) is 0 Å². The first-order valence-electron chi connectivity index (χ1n) is 5.18. The maximum absolute atomic E-state index is 10.4. The standard InChI is InChI=1S/C11H16N4O2/c1-9-4-5-10(6-13-9)7-14(3)11(12-2)8-15(16)17/h4-6,8,12H,7H2,1-3H3/b11-8-. The molecule has 1 aromatic rings. The number of hydrogen-bond acceptors (Lipinski definition) is 5. The molecule has 1 aromatic heterocycles. The molecule has 0 aliphatic carbocycles. The van der Waals surface area contributed by atoms with Gasteiger partial charge in [0.1, 0.15) is 0 Å². The van der Waals surface area contributed by atoms with E-state index in [9.17, 15) is 10.1 Å².